The van der Waals surface area contributed by atoms with Crippen LogP contribution in [0, 0.1) is 0 Å². The van der Waals surface area contributed by atoms with Crippen LogP contribution in [-0.4, -0.2) is 11.8 Å². The topological polar surface area (TPSA) is 58.2 Å². The molecule has 146 valence electrons. The number of carbonyl (C=O) groups excluding carboxylic acids is 2. The van der Waals surface area contributed by atoms with Crippen LogP contribution in [0.4, 0.5) is 5.69 Å². The van der Waals surface area contributed by atoms with Gasteiger partial charge in [-0.2, -0.15) is 0 Å². The monoisotopic (exact) mass is 376 g/mol. The maximum atomic E-state index is 12.7. The highest BCUT2D eigenvalue weighted by atomic mass is 16.2. The summed E-state index contributed by atoms with van der Waals surface area (Å²) in [5.41, 5.74) is 5.15. The molecule has 4 nitrogen and oxygen atoms in total. The standard InChI is InChI=1S/C24H28N2O2/c1-16(20-11-13-22-21(15-20)12-14-23(27)26-22)25-24(28)19-9-7-18(8-10-19)17-5-3-2-4-6-17/h7-11,13,15-17H,2-6,12,14H2,1H3,(H,25,28)(H,26,27). The van der Waals surface area contributed by atoms with Crippen molar-refractivity contribution in [3.05, 3.63) is 64.7 Å². The van der Waals surface area contributed by atoms with Gasteiger partial charge in [-0.25, -0.2) is 0 Å². The van der Waals surface area contributed by atoms with E-state index in [1.165, 1.54) is 37.7 Å². The number of anilines is 1. The number of rotatable bonds is 4. The Hall–Kier alpha value is -2.62. The average Bonchev–Trinajstić information content (AvgIpc) is 2.74. The maximum absolute atomic E-state index is 12.7. The van der Waals surface area contributed by atoms with Crippen LogP contribution >= 0.6 is 0 Å². The second-order valence-corrected chi connectivity index (χ2v) is 8.12. The Bertz CT molecular complexity index is 867. The highest BCUT2D eigenvalue weighted by Gasteiger charge is 2.19. The van der Waals surface area contributed by atoms with Gasteiger partial charge in [-0.05, 0) is 67.0 Å². The van der Waals surface area contributed by atoms with Crippen molar-refractivity contribution in [3.63, 3.8) is 0 Å². The van der Waals surface area contributed by atoms with Crippen molar-refractivity contribution in [2.24, 2.45) is 0 Å². The second kappa shape index (κ2) is 8.17. The van der Waals surface area contributed by atoms with Crippen LogP contribution in [-0.2, 0) is 11.2 Å². The van der Waals surface area contributed by atoms with E-state index >= 15 is 0 Å². The molecule has 2 amide bonds. The first-order chi connectivity index (χ1) is 13.6. The third-order valence-electron chi connectivity index (χ3n) is 6.12. The molecule has 1 saturated carbocycles. The molecule has 0 aromatic heterocycles. The van der Waals surface area contributed by atoms with Gasteiger partial charge < -0.3 is 10.6 Å². The molecule has 2 aromatic carbocycles. The molecular weight excluding hydrogens is 348 g/mol. The van der Waals surface area contributed by atoms with E-state index in [1.807, 2.05) is 31.2 Å². The van der Waals surface area contributed by atoms with Gasteiger partial charge in [0.25, 0.3) is 5.91 Å². The Morgan fingerprint density at radius 1 is 1.04 bits per heavy atom. The number of hydrogen-bond acceptors (Lipinski definition) is 2. The molecule has 0 saturated heterocycles. The number of nitrogens with one attached hydrogen (secondary N) is 2. The Labute approximate surface area is 166 Å². The van der Waals surface area contributed by atoms with Crippen LogP contribution in [0.15, 0.2) is 42.5 Å². The molecule has 0 radical (unpaired) electrons. The van der Waals surface area contributed by atoms with Crippen LogP contribution in [0.25, 0.3) is 0 Å². The highest BCUT2D eigenvalue weighted by Crippen LogP contribution is 2.32. The van der Waals surface area contributed by atoms with E-state index < -0.39 is 0 Å². The Kier molecular flexibility index (Phi) is 5.47. The van der Waals surface area contributed by atoms with Crippen molar-refractivity contribution < 1.29 is 9.59 Å². The van der Waals surface area contributed by atoms with E-state index in [0.717, 1.165) is 23.2 Å². The van der Waals surface area contributed by atoms with Gasteiger partial charge in [0, 0.05) is 17.7 Å². The predicted molar refractivity (Wildman–Crippen MR) is 112 cm³/mol. The van der Waals surface area contributed by atoms with Crippen molar-refractivity contribution in [2.75, 3.05) is 5.32 Å². The third kappa shape index (κ3) is 4.11. The summed E-state index contributed by atoms with van der Waals surface area (Å²) in [6.07, 6.45) is 7.78. The lowest BCUT2D eigenvalue weighted by molar-refractivity contribution is -0.116. The van der Waals surface area contributed by atoms with Crippen molar-refractivity contribution in [2.45, 2.75) is 63.8 Å². The van der Waals surface area contributed by atoms with Crippen LogP contribution in [0.1, 0.15) is 84.5 Å². The number of benzene rings is 2. The zero-order valence-corrected chi connectivity index (χ0v) is 16.5. The number of fused-ring (bicyclic) bond motifs is 1. The summed E-state index contributed by atoms with van der Waals surface area (Å²) in [4.78, 5) is 24.2. The molecule has 1 aliphatic heterocycles. The Morgan fingerprint density at radius 2 is 1.79 bits per heavy atom. The van der Waals surface area contributed by atoms with Crippen LogP contribution in [0.3, 0.4) is 0 Å². The summed E-state index contributed by atoms with van der Waals surface area (Å²) in [7, 11) is 0. The van der Waals surface area contributed by atoms with Gasteiger partial charge in [0.1, 0.15) is 0 Å². The number of aryl methyl sites for hydroxylation is 1. The van der Waals surface area contributed by atoms with Gasteiger partial charge in [-0.1, -0.05) is 43.5 Å². The summed E-state index contributed by atoms with van der Waals surface area (Å²) in [5, 5.41) is 6.00. The van der Waals surface area contributed by atoms with Crippen molar-refractivity contribution in [1.29, 1.82) is 0 Å². The molecule has 1 fully saturated rings. The van der Waals surface area contributed by atoms with Crippen molar-refractivity contribution in [3.8, 4) is 0 Å². The zero-order valence-electron chi connectivity index (χ0n) is 16.5. The van der Waals surface area contributed by atoms with Gasteiger partial charge in [-0.3, -0.25) is 9.59 Å². The average molecular weight is 377 g/mol. The lowest BCUT2D eigenvalue weighted by atomic mass is 9.84. The van der Waals surface area contributed by atoms with E-state index in [1.54, 1.807) is 0 Å². The second-order valence-electron chi connectivity index (χ2n) is 8.12. The first-order valence-electron chi connectivity index (χ1n) is 10.4. The fourth-order valence-electron chi connectivity index (χ4n) is 4.38. The van der Waals surface area contributed by atoms with E-state index in [0.29, 0.717) is 17.9 Å². The summed E-state index contributed by atoms with van der Waals surface area (Å²) in [6.45, 7) is 2.00. The third-order valence-corrected chi connectivity index (χ3v) is 6.12. The largest absolute Gasteiger partial charge is 0.346 e. The predicted octanol–water partition coefficient (Wildman–Crippen LogP) is 5.11. The molecular formula is C24H28N2O2. The van der Waals surface area contributed by atoms with Gasteiger partial charge in [0.05, 0.1) is 6.04 Å². The Balaban J connectivity index is 1.41. The van der Waals surface area contributed by atoms with Crippen LogP contribution in [0.5, 0.6) is 0 Å². The van der Waals surface area contributed by atoms with Crippen molar-refractivity contribution >= 4 is 17.5 Å². The van der Waals surface area contributed by atoms with E-state index in [4.69, 9.17) is 0 Å². The molecule has 1 heterocycles. The highest BCUT2D eigenvalue weighted by molar-refractivity contribution is 5.95. The molecule has 2 N–H and O–H groups in total. The summed E-state index contributed by atoms with van der Waals surface area (Å²) in [5.74, 6) is 0.674. The van der Waals surface area contributed by atoms with Gasteiger partial charge in [-0.15, -0.1) is 0 Å². The minimum absolute atomic E-state index is 0.0475. The summed E-state index contributed by atoms with van der Waals surface area (Å²) in [6, 6.07) is 14.1. The molecule has 1 aliphatic carbocycles. The SMILES string of the molecule is CC(NC(=O)c1ccc(C2CCCCC2)cc1)c1ccc2c(c1)CCC(=O)N2. The molecule has 1 unspecified atom stereocenters. The number of amides is 2. The van der Waals surface area contributed by atoms with Gasteiger partial charge in [0.2, 0.25) is 5.91 Å². The van der Waals surface area contributed by atoms with E-state index in [2.05, 4.69) is 28.8 Å². The zero-order chi connectivity index (χ0) is 19.5. The molecule has 1 atom stereocenters. The minimum Gasteiger partial charge on any atom is -0.346 e. The first kappa shape index (κ1) is 18.7. The molecule has 28 heavy (non-hydrogen) atoms. The normalized spacial score (nSPS) is 18.1. The fourth-order valence-corrected chi connectivity index (χ4v) is 4.38. The molecule has 4 rings (SSSR count). The molecule has 4 heteroatoms. The first-order valence-corrected chi connectivity index (χ1v) is 10.4. The summed E-state index contributed by atoms with van der Waals surface area (Å²) >= 11 is 0. The van der Waals surface area contributed by atoms with Crippen molar-refractivity contribution in [1.82, 2.24) is 5.32 Å². The number of carbonyl (C=O) groups is 2. The fraction of sp³-hybridized carbons (Fsp3) is 0.417. The van der Waals surface area contributed by atoms with Crippen LogP contribution < -0.4 is 10.6 Å². The minimum atomic E-state index is -0.0894. The molecule has 2 aliphatic rings. The smallest absolute Gasteiger partial charge is 0.251 e. The lowest BCUT2D eigenvalue weighted by Crippen LogP contribution is -2.27. The van der Waals surface area contributed by atoms with E-state index in [9.17, 15) is 9.59 Å². The van der Waals surface area contributed by atoms with Gasteiger partial charge in [0.15, 0.2) is 0 Å². The Morgan fingerprint density at radius 3 is 2.54 bits per heavy atom. The van der Waals surface area contributed by atoms with E-state index in [-0.39, 0.29) is 17.9 Å². The van der Waals surface area contributed by atoms with Gasteiger partial charge >= 0.3 is 0 Å². The summed E-state index contributed by atoms with van der Waals surface area (Å²) < 4.78 is 0. The molecule has 0 bridgehead atoms. The molecule has 0 spiro atoms. The number of hydrogen-bond donors (Lipinski definition) is 2. The quantitative estimate of drug-likeness (QED) is 0.779. The molecule has 2 aromatic rings. The lowest BCUT2D eigenvalue weighted by Gasteiger charge is -2.22. The maximum Gasteiger partial charge on any atom is 0.251 e. The van der Waals surface area contributed by atoms with Crippen LogP contribution in [0.2, 0.25) is 0 Å².